The Kier molecular flexibility index (Phi) is 4.01. The maximum atomic E-state index is 11.1. The molecule has 6 heteroatoms. The third kappa shape index (κ3) is 3.21. The Morgan fingerprint density at radius 2 is 2.37 bits per heavy atom. The average molecular weight is 278 g/mol. The number of rotatable bonds is 6. The Morgan fingerprint density at radius 1 is 1.58 bits per heavy atom. The Morgan fingerprint density at radius 3 is 3.00 bits per heavy atom. The van der Waals surface area contributed by atoms with Gasteiger partial charge in [-0.05, 0) is 31.2 Å². The number of carbonyl (C=O) groups is 1. The van der Waals surface area contributed by atoms with Crippen LogP contribution in [-0.2, 0) is 11.3 Å². The minimum Gasteiger partial charge on any atom is -0.368 e. The van der Waals surface area contributed by atoms with E-state index in [4.69, 9.17) is 11.5 Å². The molecule has 0 aliphatic rings. The van der Waals surface area contributed by atoms with Crippen molar-refractivity contribution in [1.29, 1.82) is 0 Å². The van der Waals surface area contributed by atoms with Crippen LogP contribution in [0.3, 0.4) is 0 Å². The molecule has 0 fully saturated rings. The first-order valence-electron chi connectivity index (χ1n) is 6.14. The Labute approximate surface area is 116 Å². The van der Waals surface area contributed by atoms with Crippen LogP contribution in [0.5, 0.6) is 0 Å². The number of aryl methyl sites for hydroxylation is 1. The molecule has 0 aliphatic heterocycles. The molecule has 1 amide bonds. The normalized spacial score (nSPS) is 14.2. The summed E-state index contributed by atoms with van der Waals surface area (Å²) in [5, 5.41) is 2.03. The van der Waals surface area contributed by atoms with Gasteiger partial charge in [0.05, 0.1) is 10.4 Å². The third-order valence-electron chi connectivity index (χ3n) is 3.12. The molecule has 0 spiro atoms. The lowest BCUT2D eigenvalue weighted by Crippen LogP contribution is -2.49. The maximum Gasteiger partial charge on any atom is 0.237 e. The molecule has 0 radical (unpaired) electrons. The smallest absolute Gasteiger partial charge is 0.237 e. The second-order valence-electron chi connectivity index (χ2n) is 4.81. The minimum absolute atomic E-state index is 0.461. The van der Waals surface area contributed by atoms with Gasteiger partial charge in [0.2, 0.25) is 5.91 Å². The number of imidazole rings is 1. The summed E-state index contributed by atoms with van der Waals surface area (Å²) in [4.78, 5) is 16.6. The van der Waals surface area contributed by atoms with Crippen molar-refractivity contribution < 1.29 is 4.79 Å². The van der Waals surface area contributed by atoms with Crippen molar-refractivity contribution >= 4 is 17.2 Å². The second-order valence-corrected chi connectivity index (χ2v) is 5.75. The summed E-state index contributed by atoms with van der Waals surface area (Å²) in [6.45, 7) is 2.44. The predicted octanol–water partition coefficient (Wildman–Crippen LogP) is 1.59. The first-order valence-corrected chi connectivity index (χ1v) is 7.02. The summed E-state index contributed by atoms with van der Waals surface area (Å²) >= 11 is 1.66. The molecule has 2 rings (SSSR count). The fourth-order valence-electron chi connectivity index (χ4n) is 1.86. The molecule has 1 atom stereocenters. The lowest BCUT2D eigenvalue weighted by molar-refractivity contribution is -0.122. The van der Waals surface area contributed by atoms with Gasteiger partial charge in [0.15, 0.2) is 0 Å². The first-order chi connectivity index (χ1) is 9.00. The van der Waals surface area contributed by atoms with E-state index in [0.29, 0.717) is 6.42 Å². The zero-order valence-corrected chi connectivity index (χ0v) is 11.7. The van der Waals surface area contributed by atoms with Gasteiger partial charge >= 0.3 is 0 Å². The van der Waals surface area contributed by atoms with Crippen LogP contribution >= 0.6 is 11.3 Å². The summed E-state index contributed by atoms with van der Waals surface area (Å²) in [6, 6.07) is 4.04. The number of hydrogen-bond donors (Lipinski definition) is 2. The van der Waals surface area contributed by atoms with E-state index in [1.54, 1.807) is 24.5 Å². The Hall–Kier alpha value is -1.66. The molecule has 2 aromatic rings. The molecule has 5 nitrogen and oxygen atoms in total. The SMILES string of the molecule is CC(N)(CCCn1ccnc1-c1cccs1)C(N)=O. The summed E-state index contributed by atoms with van der Waals surface area (Å²) in [7, 11) is 0. The van der Waals surface area contributed by atoms with Crippen LogP contribution in [0.1, 0.15) is 19.8 Å². The number of aromatic nitrogens is 2. The van der Waals surface area contributed by atoms with Crippen molar-refractivity contribution in [1.82, 2.24) is 9.55 Å². The molecule has 102 valence electrons. The molecule has 19 heavy (non-hydrogen) atoms. The quantitative estimate of drug-likeness (QED) is 0.841. The van der Waals surface area contributed by atoms with Crippen LogP contribution in [0.4, 0.5) is 0 Å². The van der Waals surface area contributed by atoms with Crippen molar-refractivity contribution in [3.05, 3.63) is 29.9 Å². The van der Waals surface area contributed by atoms with Gasteiger partial charge in [-0.2, -0.15) is 0 Å². The minimum atomic E-state index is -0.941. The average Bonchev–Trinajstić information content (AvgIpc) is 2.97. The Balaban J connectivity index is 1.98. The standard InChI is InChI=1S/C13H18N4OS/c1-13(15,12(14)18)5-3-7-17-8-6-16-11(17)10-4-2-9-19-10/h2,4,6,8-9H,3,5,7,15H2,1H3,(H2,14,18). The van der Waals surface area contributed by atoms with E-state index in [9.17, 15) is 4.79 Å². The van der Waals surface area contributed by atoms with E-state index in [-0.39, 0.29) is 0 Å². The van der Waals surface area contributed by atoms with Crippen LogP contribution in [0, 0.1) is 0 Å². The zero-order valence-electron chi connectivity index (χ0n) is 10.9. The topological polar surface area (TPSA) is 86.9 Å². The highest BCUT2D eigenvalue weighted by molar-refractivity contribution is 7.13. The number of primary amides is 1. The van der Waals surface area contributed by atoms with Gasteiger partial charge in [-0.3, -0.25) is 4.79 Å². The van der Waals surface area contributed by atoms with Crippen LogP contribution in [-0.4, -0.2) is 21.0 Å². The van der Waals surface area contributed by atoms with E-state index in [1.807, 2.05) is 23.7 Å². The van der Waals surface area contributed by atoms with Crippen LogP contribution in [0.15, 0.2) is 29.9 Å². The van der Waals surface area contributed by atoms with E-state index in [2.05, 4.69) is 9.55 Å². The van der Waals surface area contributed by atoms with Gasteiger partial charge in [-0.15, -0.1) is 11.3 Å². The Bertz CT molecular complexity index is 545. The number of hydrogen-bond acceptors (Lipinski definition) is 4. The molecular formula is C13H18N4OS. The lowest BCUT2D eigenvalue weighted by atomic mass is 9.96. The molecule has 2 heterocycles. The highest BCUT2D eigenvalue weighted by Crippen LogP contribution is 2.23. The second kappa shape index (κ2) is 5.54. The third-order valence-corrected chi connectivity index (χ3v) is 3.98. The largest absolute Gasteiger partial charge is 0.368 e. The van der Waals surface area contributed by atoms with Gasteiger partial charge < -0.3 is 16.0 Å². The number of carbonyl (C=O) groups excluding carboxylic acids is 1. The van der Waals surface area contributed by atoms with Crippen molar-refractivity contribution in [3.8, 4) is 10.7 Å². The van der Waals surface area contributed by atoms with E-state index in [1.165, 1.54) is 0 Å². The van der Waals surface area contributed by atoms with Crippen molar-refractivity contribution in [2.75, 3.05) is 0 Å². The van der Waals surface area contributed by atoms with Crippen molar-refractivity contribution in [2.24, 2.45) is 11.5 Å². The van der Waals surface area contributed by atoms with Crippen LogP contribution < -0.4 is 11.5 Å². The zero-order chi connectivity index (χ0) is 13.9. The van der Waals surface area contributed by atoms with E-state index >= 15 is 0 Å². The lowest BCUT2D eigenvalue weighted by Gasteiger charge is -2.20. The van der Waals surface area contributed by atoms with Gasteiger partial charge in [0.25, 0.3) is 0 Å². The van der Waals surface area contributed by atoms with Gasteiger partial charge in [0, 0.05) is 18.9 Å². The monoisotopic (exact) mass is 278 g/mol. The summed E-state index contributed by atoms with van der Waals surface area (Å²) in [5.74, 6) is 0.490. The number of nitrogens with zero attached hydrogens (tertiary/aromatic N) is 2. The van der Waals surface area contributed by atoms with Crippen LogP contribution in [0.25, 0.3) is 10.7 Å². The molecule has 0 saturated carbocycles. The fraction of sp³-hybridized carbons (Fsp3) is 0.385. The van der Waals surface area contributed by atoms with Gasteiger partial charge in [0.1, 0.15) is 5.82 Å². The highest BCUT2D eigenvalue weighted by atomic mass is 32.1. The van der Waals surface area contributed by atoms with Crippen LogP contribution in [0.2, 0.25) is 0 Å². The van der Waals surface area contributed by atoms with Gasteiger partial charge in [-0.1, -0.05) is 6.07 Å². The highest BCUT2D eigenvalue weighted by Gasteiger charge is 2.24. The number of nitrogens with two attached hydrogens (primary N) is 2. The number of amides is 1. The molecule has 2 aromatic heterocycles. The maximum absolute atomic E-state index is 11.1. The van der Waals surface area contributed by atoms with E-state index < -0.39 is 11.4 Å². The number of thiophene rings is 1. The summed E-state index contributed by atoms with van der Waals surface area (Å²) < 4.78 is 2.07. The molecule has 0 aromatic carbocycles. The summed E-state index contributed by atoms with van der Waals surface area (Å²) in [5.41, 5.74) is 10.1. The molecule has 4 N–H and O–H groups in total. The van der Waals surface area contributed by atoms with E-state index in [0.717, 1.165) is 23.7 Å². The predicted molar refractivity (Wildman–Crippen MR) is 76.6 cm³/mol. The molecular weight excluding hydrogens is 260 g/mol. The first kappa shape index (κ1) is 13.8. The van der Waals surface area contributed by atoms with Crippen molar-refractivity contribution in [3.63, 3.8) is 0 Å². The van der Waals surface area contributed by atoms with Gasteiger partial charge in [-0.25, -0.2) is 4.98 Å². The summed E-state index contributed by atoms with van der Waals surface area (Å²) in [6.07, 6.45) is 5.06. The molecule has 0 aliphatic carbocycles. The molecule has 0 saturated heterocycles. The molecule has 0 bridgehead atoms. The fourth-order valence-corrected chi connectivity index (χ4v) is 2.60. The molecule has 1 unspecified atom stereocenters. The van der Waals surface area contributed by atoms with Crippen molar-refractivity contribution in [2.45, 2.75) is 31.8 Å².